The first kappa shape index (κ1) is 22.9. The van der Waals surface area contributed by atoms with Crippen LogP contribution in [0.1, 0.15) is 46.5 Å². The minimum absolute atomic E-state index is 0.0296. The molecule has 1 aromatic carbocycles. The number of carbonyl (C=O) groups excluding carboxylic acids is 2. The third kappa shape index (κ3) is 4.34. The number of anilines is 5. The second kappa shape index (κ2) is 8.57. The molecule has 1 aliphatic carbocycles. The largest absolute Gasteiger partial charge is 0.351 e. The van der Waals surface area contributed by atoms with E-state index in [0.717, 1.165) is 31.7 Å². The Labute approximate surface area is 191 Å². The first-order chi connectivity index (χ1) is 15.6. The van der Waals surface area contributed by atoms with Crippen molar-refractivity contribution in [2.24, 2.45) is 5.41 Å². The number of hydrogen-bond donors (Lipinski definition) is 2. The molecule has 0 saturated heterocycles. The number of fused-ring (bicyclic) bond motifs is 1. The third-order valence-electron chi connectivity index (χ3n) is 6.24. The van der Waals surface area contributed by atoms with Crippen LogP contribution in [0.3, 0.4) is 0 Å². The van der Waals surface area contributed by atoms with Crippen molar-refractivity contribution >= 4 is 40.6 Å². The van der Waals surface area contributed by atoms with Crippen molar-refractivity contribution in [3.8, 4) is 0 Å². The lowest BCUT2D eigenvalue weighted by Gasteiger charge is -2.34. The number of halogens is 2. The Morgan fingerprint density at radius 2 is 1.91 bits per heavy atom. The van der Waals surface area contributed by atoms with Gasteiger partial charge in [0.15, 0.2) is 11.6 Å². The summed E-state index contributed by atoms with van der Waals surface area (Å²) in [6, 6.07) is 2.53. The highest BCUT2D eigenvalue weighted by molar-refractivity contribution is 6.00. The number of hydrogen-bond acceptors (Lipinski definition) is 6. The molecule has 2 aliphatic rings. The Morgan fingerprint density at radius 3 is 2.58 bits per heavy atom. The van der Waals surface area contributed by atoms with E-state index >= 15 is 0 Å². The van der Waals surface area contributed by atoms with Crippen molar-refractivity contribution < 1.29 is 18.4 Å². The lowest BCUT2D eigenvalue weighted by molar-refractivity contribution is -0.125. The van der Waals surface area contributed by atoms with Crippen molar-refractivity contribution in [1.82, 2.24) is 9.97 Å². The minimum Gasteiger partial charge on any atom is -0.351 e. The van der Waals surface area contributed by atoms with Crippen molar-refractivity contribution in [2.75, 3.05) is 34.0 Å². The van der Waals surface area contributed by atoms with Gasteiger partial charge in [0.25, 0.3) is 0 Å². The van der Waals surface area contributed by atoms with Crippen molar-refractivity contribution in [3.05, 3.63) is 30.0 Å². The van der Waals surface area contributed by atoms with Crippen molar-refractivity contribution in [2.45, 2.75) is 52.5 Å². The highest BCUT2D eigenvalue weighted by Crippen LogP contribution is 2.40. The lowest BCUT2D eigenvalue weighted by Crippen LogP contribution is -2.45. The molecular formula is C23H28F2N6O2. The zero-order valence-corrected chi connectivity index (χ0v) is 19.2. The summed E-state index contributed by atoms with van der Waals surface area (Å²) in [4.78, 5) is 37.1. The molecule has 2 heterocycles. The molecule has 2 N–H and O–H groups in total. The predicted molar refractivity (Wildman–Crippen MR) is 123 cm³/mol. The Morgan fingerprint density at radius 1 is 1.21 bits per heavy atom. The van der Waals surface area contributed by atoms with Gasteiger partial charge in [0.1, 0.15) is 17.2 Å². The number of amides is 2. The fourth-order valence-corrected chi connectivity index (χ4v) is 4.58. The Kier molecular flexibility index (Phi) is 5.94. The smallest absolute Gasteiger partial charge is 0.234 e. The topological polar surface area (TPSA) is 90.5 Å². The van der Waals surface area contributed by atoms with E-state index in [1.807, 2.05) is 13.8 Å². The van der Waals surface area contributed by atoms with Crippen LogP contribution in [-0.2, 0) is 9.59 Å². The highest BCUT2D eigenvalue weighted by atomic mass is 19.1. The van der Waals surface area contributed by atoms with Gasteiger partial charge < -0.3 is 20.4 Å². The summed E-state index contributed by atoms with van der Waals surface area (Å²) in [6.45, 7) is 5.51. The number of nitrogens with one attached hydrogen (secondary N) is 2. The van der Waals surface area contributed by atoms with Crippen LogP contribution in [0.15, 0.2) is 18.3 Å². The lowest BCUT2D eigenvalue weighted by atomic mass is 9.91. The van der Waals surface area contributed by atoms with E-state index in [0.29, 0.717) is 18.1 Å². The second-order valence-electron chi connectivity index (χ2n) is 9.31. The molecule has 33 heavy (non-hydrogen) atoms. The van der Waals surface area contributed by atoms with E-state index in [1.165, 1.54) is 13.0 Å². The molecule has 0 spiro atoms. The van der Waals surface area contributed by atoms with Crippen molar-refractivity contribution in [3.63, 3.8) is 0 Å². The molecule has 1 aromatic heterocycles. The fourth-order valence-electron chi connectivity index (χ4n) is 4.58. The quantitative estimate of drug-likeness (QED) is 0.714. The molecular weight excluding hydrogens is 430 g/mol. The normalized spacial score (nSPS) is 18.2. The van der Waals surface area contributed by atoms with Gasteiger partial charge >= 0.3 is 0 Å². The van der Waals surface area contributed by atoms with Crippen LogP contribution in [0.5, 0.6) is 0 Å². The molecule has 0 bridgehead atoms. The van der Waals surface area contributed by atoms with E-state index in [2.05, 4.69) is 25.5 Å². The molecule has 2 aromatic rings. The van der Waals surface area contributed by atoms with Crippen LogP contribution in [-0.4, -0.2) is 41.4 Å². The molecule has 10 heteroatoms. The van der Waals surface area contributed by atoms with Crippen LogP contribution in [0.2, 0.25) is 0 Å². The number of rotatable bonds is 4. The summed E-state index contributed by atoms with van der Waals surface area (Å²) in [7, 11) is 1.71. The van der Waals surface area contributed by atoms with Gasteiger partial charge in [-0.2, -0.15) is 4.98 Å². The maximum absolute atomic E-state index is 14.9. The van der Waals surface area contributed by atoms with Gasteiger partial charge in [-0.25, -0.2) is 13.8 Å². The zero-order valence-electron chi connectivity index (χ0n) is 19.2. The van der Waals surface area contributed by atoms with Crippen LogP contribution in [0, 0.1) is 17.0 Å². The zero-order chi connectivity index (χ0) is 23.9. The summed E-state index contributed by atoms with van der Waals surface area (Å²) in [6.07, 6.45) is 5.79. The molecule has 8 nitrogen and oxygen atoms in total. The molecule has 1 aliphatic heterocycles. The van der Waals surface area contributed by atoms with Gasteiger partial charge in [0.2, 0.25) is 17.8 Å². The van der Waals surface area contributed by atoms with E-state index in [4.69, 9.17) is 0 Å². The summed E-state index contributed by atoms with van der Waals surface area (Å²) >= 11 is 0. The van der Waals surface area contributed by atoms with Gasteiger partial charge in [-0.05, 0) is 38.8 Å². The van der Waals surface area contributed by atoms with E-state index in [9.17, 15) is 18.4 Å². The molecule has 2 amide bonds. The van der Waals surface area contributed by atoms with Gasteiger partial charge in [-0.15, -0.1) is 0 Å². The van der Waals surface area contributed by atoms with Gasteiger partial charge in [0, 0.05) is 26.6 Å². The summed E-state index contributed by atoms with van der Waals surface area (Å²) in [5.41, 5.74) is -0.656. The standard InChI is InChI=1S/C23H28F2N6O2/c1-13(32)27-19-15(24)9-10-16(18(19)25)28-22-26-11-17-20(29-22)31(14-7-5-6-8-14)12-23(2,3)21(33)30(17)4/h9-11,14H,5-8,12H2,1-4H3,(H,27,32)(H,26,28,29). The fraction of sp³-hybridized carbons (Fsp3) is 0.478. The molecule has 1 fully saturated rings. The minimum atomic E-state index is -0.954. The molecule has 1 saturated carbocycles. The molecule has 0 radical (unpaired) electrons. The molecule has 4 rings (SSSR count). The van der Waals surface area contributed by atoms with Crippen molar-refractivity contribution in [1.29, 1.82) is 0 Å². The monoisotopic (exact) mass is 458 g/mol. The average Bonchev–Trinajstić information content (AvgIpc) is 3.28. The molecule has 0 atom stereocenters. The van der Waals surface area contributed by atoms with E-state index < -0.39 is 28.6 Å². The van der Waals surface area contributed by atoms with E-state index in [-0.39, 0.29) is 23.6 Å². The number of aromatic nitrogens is 2. The van der Waals surface area contributed by atoms with Gasteiger partial charge in [0.05, 0.1) is 17.3 Å². The van der Waals surface area contributed by atoms with Crippen LogP contribution in [0.4, 0.5) is 37.6 Å². The average molecular weight is 459 g/mol. The Balaban J connectivity index is 1.74. The van der Waals surface area contributed by atoms with Crippen LogP contribution < -0.4 is 20.4 Å². The van der Waals surface area contributed by atoms with E-state index in [1.54, 1.807) is 18.1 Å². The Hall–Kier alpha value is -3.30. The number of benzene rings is 1. The SMILES string of the molecule is CC(=O)Nc1c(F)ccc(Nc2ncc3c(n2)N(C2CCCC2)CC(C)(C)C(=O)N3C)c1F. The third-order valence-corrected chi connectivity index (χ3v) is 6.24. The molecule has 0 unspecified atom stereocenters. The first-order valence-electron chi connectivity index (χ1n) is 11.0. The first-order valence-corrected chi connectivity index (χ1v) is 11.0. The summed E-state index contributed by atoms with van der Waals surface area (Å²) < 4.78 is 28.9. The number of carbonyl (C=O) groups is 2. The van der Waals surface area contributed by atoms with Crippen LogP contribution >= 0.6 is 0 Å². The second-order valence-corrected chi connectivity index (χ2v) is 9.31. The maximum Gasteiger partial charge on any atom is 0.234 e. The summed E-state index contributed by atoms with van der Waals surface area (Å²) in [5, 5.41) is 4.96. The number of nitrogens with zero attached hydrogens (tertiary/aromatic N) is 4. The maximum atomic E-state index is 14.9. The molecule has 176 valence electrons. The Bertz CT molecular complexity index is 1100. The summed E-state index contributed by atoms with van der Waals surface area (Å²) in [5.74, 6) is -1.75. The van der Waals surface area contributed by atoms with Crippen LogP contribution in [0.25, 0.3) is 0 Å². The van der Waals surface area contributed by atoms with Gasteiger partial charge in [-0.3, -0.25) is 9.59 Å². The predicted octanol–water partition coefficient (Wildman–Crippen LogP) is 4.21. The highest BCUT2D eigenvalue weighted by Gasteiger charge is 2.41. The van der Waals surface area contributed by atoms with Gasteiger partial charge in [-0.1, -0.05) is 12.8 Å².